The average molecular weight is 567 g/mol. The lowest BCUT2D eigenvalue weighted by Crippen LogP contribution is -2.15. The molecule has 2 unspecified atom stereocenters. The summed E-state index contributed by atoms with van der Waals surface area (Å²) in [6.45, 7) is 20.2. The summed E-state index contributed by atoms with van der Waals surface area (Å²) in [5.74, 6) is 0.673. The maximum absolute atomic E-state index is 13.8. The van der Waals surface area contributed by atoms with Crippen LogP contribution in [0.5, 0.6) is 0 Å². The van der Waals surface area contributed by atoms with Crippen molar-refractivity contribution in [2.75, 3.05) is 6.61 Å². The zero-order valence-electron chi connectivity index (χ0n) is 26.7. The number of H-pyrrole nitrogens is 3. The van der Waals surface area contributed by atoms with Gasteiger partial charge in [-0.3, -0.25) is 4.79 Å². The highest BCUT2D eigenvalue weighted by Gasteiger charge is 2.42. The van der Waals surface area contributed by atoms with Crippen molar-refractivity contribution in [3.8, 4) is 0 Å². The van der Waals surface area contributed by atoms with E-state index >= 15 is 0 Å². The summed E-state index contributed by atoms with van der Waals surface area (Å²) in [5, 5.41) is 6.06. The van der Waals surface area contributed by atoms with Gasteiger partial charge in [0.15, 0.2) is 5.78 Å². The standard InChI is InChI=1S/C36H46N4O2/c1-10-13-24-18(5)26-14-27-19(6)31(22(9)42-12-3)30(38-27)16-25-17(4)23(11-2)29(37-25)15-28-20(7)33-35(40-28)32(34(24)39-26)21(8)36(33)41/h14-16,18,21-22,24,37-40H,10-13H2,1-9H3/t18-,21?,22?,24-/m0/s1. The number of rotatable bonds is 6. The number of ether oxygens (including phenoxy) is 1. The Morgan fingerprint density at radius 3 is 2.29 bits per heavy atom. The molecule has 6 rings (SSSR count). The molecular formula is C36H46N4O2. The van der Waals surface area contributed by atoms with E-state index in [0.29, 0.717) is 18.4 Å². The second kappa shape index (κ2) is 10.6. The molecule has 1 fully saturated rings. The minimum absolute atomic E-state index is 0.0402. The van der Waals surface area contributed by atoms with Gasteiger partial charge in [0.05, 0.1) is 11.8 Å². The van der Waals surface area contributed by atoms with Gasteiger partial charge in [-0.05, 0) is 87.9 Å². The highest BCUT2D eigenvalue weighted by molar-refractivity contribution is 6.15. The van der Waals surface area contributed by atoms with E-state index in [1.54, 1.807) is 0 Å². The maximum Gasteiger partial charge on any atom is 0.172 e. The van der Waals surface area contributed by atoms with Crippen LogP contribution >= 0.6 is 0 Å². The van der Waals surface area contributed by atoms with Gasteiger partial charge in [0, 0.05) is 80.2 Å². The first-order chi connectivity index (χ1) is 20.1. The minimum atomic E-state index is -0.177. The van der Waals surface area contributed by atoms with E-state index in [0.717, 1.165) is 69.4 Å². The highest BCUT2D eigenvalue weighted by Crippen LogP contribution is 2.47. The molecule has 2 aliphatic heterocycles. The van der Waals surface area contributed by atoms with Crippen LogP contribution in [0.2, 0.25) is 0 Å². The molecule has 0 radical (unpaired) electrons. The van der Waals surface area contributed by atoms with E-state index in [4.69, 9.17) is 4.74 Å². The third kappa shape index (κ3) is 4.21. The third-order valence-electron chi connectivity index (χ3n) is 10.1. The summed E-state index contributed by atoms with van der Waals surface area (Å²) in [6.07, 6.45) is 9.78. The molecular weight excluding hydrogens is 520 g/mol. The molecule has 0 aromatic carbocycles. The van der Waals surface area contributed by atoms with E-state index in [2.05, 4.69) is 101 Å². The Morgan fingerprint density at radius 2 is 1.60 bits per heavy atom. The second-order valence-electron chi connectivity index (χ2n) is 12.5. The topological polar surface area (TPSA) is 85.7 Å². The predicted octanol–water partition coefficient (Wildman–Crippen LogP) is 6.47. The SMILES string of the molecule is CCC[C@@H]1C2=C3c4[nH]c(c(C)c4C(=O)C3C)C=c3[nH]c(c(C)c3CC)=Cc3[nH]c(c(C)c3C(C)OCC)C=C(N2)[C@H]1C. The quantitative estimate of drug-likeness (QED) is 0.276. The smallest absolute Gasteiger partial charge is 0.172 e. The summed E-state index contributed by atoms with van der Waals surface area (Å²) < 4.78 is 6.15. The lowest BCUT2D eigenvalue weighted by Gasteiger charge is -2.18. The van der Waals surface area contributed by atoms with Crippen molar-refractivity contribution in [3.05, 3.63) is 78.2 Å². The molecule has 0 amide bonds. The van der Waals surface area contributed by atoms with Crippen molar-refractivity contribution < 1.29 is 9.53 Å². The van der Waals surface area contributed by atoms with Crippen molar-refractivity contribution in [2.45, 2.75) is 87.7 Å². The molecule has 1 saturated heterocycles. The highest BCUT2D eigenvalue weighted by atomic mass is 16.5. The molecule has 8 bridgehead atoms. The molecule has 0 saturated carbocycles. The number of Topliss-reactive ketones (excluding diaryl/α,β-unsaturated/α-hetero) is 1. The van der Waals surface area contributed by atoms with Gasteiger partial charge in [-0.1, -0.05) is 34.1 Å². The summed E-state index contributed by atoms with van der Waals surface area (Å²) in [7, 11) is 0. The molecule has 3 aromatic heterocycles. The van der Waals surface area contributed by atoms with Crippen LogP contribution in [-0.2, 0) is 11.2 Å². The minimum Gasteiger partial charge on any atom is -0.374 e. The molecule has 3 aromatic rings. The summed E-state index contributed by atoms with van der Waals surface area (Å²) in [5.41, 5.74) is 14.6. The first-order valence-electron chi connectivity index (χ1n) is 15.9. The van der Waals surface area contributed by atoms with E-state index in [1.165, 1.54) is 33.6 Å². The van der Waals surface area contributed by atoms with Crippen molar-refractivity contribution in [1.29, 1.82) is 0 Å². The first kappa shape index (κ1) is 28.6. The fourth-order valence-corrected chi connectivity index (χ4v) is 7.78. The molecule has 3 aliphatic rings. The number of aromatic amines is 3. The van der Waals surface area contributed by atoms with Crippen molar-refractivity contribution >= 4 is 29.6 Å². The van der Waals surface area contributed by atoms with Crippen LogP contribution in [0.4, 0.5) is 0 Å². The fraction of sp³-hybridized carbons (Fsp3) is 0.472. The van der Waals surface area contributed by atoms with Crippen LogP contribution < -0.4 is 16.0 Å². The Kier molecular flexibility index (Phi) is 7.25. The lowest BCUT2D eigenvalue weighted by molar-refractivity contribution is 0.0759. The van der Waals surface area contributed by atoms with Gasteiger partial charge in [-0.25, -0.2) is 0 Å². The zero-order valence-corrected chi connectivity index (χ0v) is 26.7. The van der Waals surface area contributed by atoms with Crippen LogP contribution in [0.1, 0.15) is 121 Å². The summed E-state index contributed by atoms with van der Waals surface area (Å²) in [6, 6.07) is 0. The average Bonchev–Trinajstić information content (AvgIpc) is 3.68. The number of nitrogens with one attached hydrogen (secondary N) is 4. The van der Waals surface area contributed by atoms with E-state index in [1.807, 2.05) is 0 Å². The van der Waals surface area contributed by atoms with Gasteiger partial charge in [-0.2, -0.15) is 0 Å². The Morgan fingerprint density at radius 1 is 0.881 bits per heavy atom. The number of ketones is 1. The number of allylic oxidation sites excluding steroid dienone is 3. The molecule has 6 heteroatoms. The molecule has 6 nitrogen and oxygen atoms in total. The molecule has 1 aliphatic carbocycles. The monoisotopic (exact) mass is 566 g/mol. The Bertz CT molecular complexity index is 1770. The van der Waals surface area contributed by atoms with E-state index < -0.39 is 0 Å². The third-order valence-corrected chi connectivity index (χ3v) is 10.1. The normalized spacial score (nSPS) is 21.8. The van der Waals surface area contributed by atoms with Gasteiger partial charge in [0.1, 0.15) is 0 Å². The number of hydrogen-bond donors (Lipinski definition) is 4. The molecule has 4 atom stereocenters. The van der Waals surface area contributed by atoms with Crippen LogP contribution in [0.15, 0.2) is 11.4 Å². The van der Waals surface area contributed by atoms with Crippen molar-refractivity contribution in [2.24, 2.45) is 17.8 Å². The molecule has 0 spiro atoms. The summed E-state index contributed by atoms with van der Waals surface area (Å²) >= 11 is 0. The Labute approximate surface area is 249 Å². The number of carbonyl (C=O) groups excluding carboxylic acids is 1. The number of aromatic nitrogens is 3. The van der Waals surface area contributed by atoms with Crippen LogP contribution in [-0.4, -0.2) is 27.3 Å². The van der Waals surface area contributed by atoms with Gasteiger partial charge in [0.2, 0.25) is 0 Å². The molecule has 222 valence electrons. The largest absolute Gasteiger partial charge is 0.374 e. The molecule has 42 heavy (non-hydrogen) atoms. The van der Waals surface area contributed by atoms with Gasteiger partial charge in [-0.15, -0.1) is 0 Å². The van der Waals surface area contributed by atoms with E-state index in [9.17, 15) is 4.79 Å². The van der Waals surface area contributed by atoms with Gasteiger partial charge >= 0.3 is 0 Å². The van der Waals surface area contributed by atoms with Crippen LogP contribution in [0.25, 0.3) is 23.8 Å². The van der Waals surface area contributed by atoms with Crippen LogP contribution in [0.3, 0.4) is 0 Å². The number of fused-ring (bicyclic) bond motifs is 7. The second-order valence-corrected chi connectivity index (χ2v) is 12.5. The van der Waals surface area contributed by atoms with Crippen LogP contribution in [0, 0.1) is 38.5 Å². The Hall–Kier alpha value is -3.51. The fourth-order valence-electron chi connectivity index (χ4n) is 7.78. The Balaban J connectivity index is 1.72. The first-order valence-corrected chi connectivity index (χ1v) is 15.9. The van der Waals surface area contributed by atoms with E-state index in [-0.39, 0.29) is 17.8 Å². The lowest BCUT2D eigenvalue weighted by atomic mass is 9.85. The number of carbonyl (C=O) groups is 1. The summed E-state index contributed by atoms with van der Waals surface area (Å²) in [4.78, 5) is 25.0. The molecule has 4 N–H and O–H groups in total. The maximum atomic E-state index is 13.8. The van der Waals surface area contributed by atoms with Crippen molar-refractivity contribution in [1.82, 2.24) is 20.3 Å². The zero-order chi connectivity index (χ0) is 30.0. The van der Waals surface area contributed by atoms with Crippen molar-refractivity contribution in [3.63, 3.8) is 0 Å². The molecule has 5 heterocycles. The predicted molar refractivity (Wildman–Crippen MR) is 171 cm³/mol. The van der Waals surface area contributed by atoms with Gasteiger partial charge in [0.25, 0.3) is 0 Å². The van der Waals surface area contributed by atoms with Gasteiger partial charge < -0.3 is 25.0 Å². The number of hydrogen-bond acceptors (Lipinski definition) is 3.